The van der Waals surface area contributed by atoms with Crippen LogP contribution in [0.15, 0.2) is 0 Å². The summed E-state index contributed by atoms with van der Waals surface area (Å²) in [5.74, 6) is 0. The van der Waals surface area contributed by atoms with Gasteiger partial charge in [-0.3, -0.25) is 0 Å². The molecule has 0 atom stereocenters. The molecule has 0 spiro atoms. The van der Waals surface area contributed by atoms with Crippen LogP contribution in [0.2, 0.25) is 0 Å². The van der Waals surface area contributed by atoms with Crippen LogP contribution in [0.25, 0.3) is 0 Å². The molecule has 0 aliphatic carbocycles. The van der Waals surface area contributed by atoms with Crippen molar-refractivity contribution in [2.45, 2.75) is 40.0 Å². The highest BCUT2D eigenvalue weighted by Crippen LogP contribution is 2.23. The Morgan fingerprint density at radius 2 is 1.73 bits per heavy atom. The Kier molecular flexibility index (Phi) is 4.74. The fraction of sp³-hybridized carbons (Fsp3) is 1.00. The second kappa shape index (κ2) is 4.76. The van der Waals surface area contributed by atoms with Gasteiger partial charge in [0.05, 0.1) is 0 Å². The topological polar surface area (TPSA) is 3.24 Å². The molecule has 0 amide bonds. The third-order valence-corrected chi connectivity index (χ3v) is 1.95. The second-order valence-corrected chi connectivity index (χ2v) is 4.51. The van der Waals surface area contributed by atoms with Crippen LogP contribution in [0, 0.1) is 5.41 Å². The van der Waals surface area contributed by atoms with E-state index < -0.39 is 0 Å². The molecule has 0 saturated carbocycles. The largest absolute Gasteiger partial charge is 0.309 e. The van der Waals surface area contributed by atoms with E-state index in [-0.39, 0.29) is 0 Å². The predicted molar refractivity (Wildman–Crippen MR) is 51.9 cm³/mol. The van der Waals surface area contributed by atoms with Crippen LogP contribution in [-0.4, -0.2) is 25.5 Å². The third-order valence-electron chi connectivity index (χ3n) is 1.95. The first-order valence-electron chi connectivity index (χ1n) is 4.62. The van der Waals surface area contributed by atoms with E-state index in [1.54, 1.807) is 0 Å². The van der Waals surface area contributed by atoms with Gasteiger partial charge < -0.3 is 4.90 Å². The van der Waals surface area contributed by atoms with E-state index in [2.05, 4.69) is 39.8 Å². The number of hydrogen-bond donors (Lipinski definition) is 0. The highest BCUT2D eigenvalue weighted by atomic mass is 15.1. The number of rotatable bonds is 5. The summed E-state index contributed by atoms with van der Waals surface area (Å²) in [6.07, 6.45) is 4.03. The van der Waals surface area contributed by atoms with Crippen molar-refractivity contribution in [1.29, 1.82) is 0 Å². The Labute approximate surface area is 71.8 Å². The minimum atomic E-state index is 0.500. The van der Waals surface area contributed by atoms with Crippen LogP contribution in [-0.2, 0) is 0 Å². The maximum absolute atomic E-state index is 2.35. The average molecular weight is 157 g/mol. The summed E-state index contributed by atoms with van der Waals surface area (Å²) in [6, 6.07) is 0. The molecule has 0 aromatic rings. The van der Waals surface area contributed by atoms with Crippen molar-refractivity contribution in [2.75, 3.05) is 20.6 Å². The fourth-order valence-electron chi connectivity index (χ4n) is 1.59. The number of unbranched alkanes of at least 4 members (excludes halogenated alkanes) is 1. The van der Waals surface area contributed by atoms with Gasteiger partial charge in [0.1, 0.15) is 0 Å². The molecule has 11 heavy (non-hydrogen) atoms. The zero-order valence-electron chi connectivity index (χ0n) is 8.78. The van der Waals surface area contributed by atoms with E-state index in [1.807, 2.05) is 0 Å². The summed E-state index contributed by atoms with van der Waals surface area (Å²) in [5, 5.41) is 0. The summed E-state index contributed by atoms with van der Waals surface area (Å²) >= 11 is 0. The molecular formula is C10H23N. The van der Waals surface area contributed by atoms with E-state index in [0.29, 0.717) is 5.41 Å². The molecule has 68 valence electrons. The second-order valence-electron chi connectivity index (χ2n) is 4.51. The van der Waals surface area contributed by atoms with Crippen LogP contribution < -0.4 is 0 Å². The van der Waals surface area contributed by atoms with Crippen LogP contribution in [0.5, 0.6) is 0 Å². The summed E-state index contributed by atoms with van der Waals surface area (Å²) in [6.45, 7) is 8.16. The molecule has 0 bridgehead atoms. The molecule has 0 rings (SSSR count). The minimum absolute atomic E-state index is 0.500. The molecule has 0 unspecified atom stereocenters. The molecule has 0 heterocycles. The SMILES string of the molecule is CCCCC(C)(C)CN(C)C. The standard InChI is InChI=1S/C10H23N/c1-6-7-8-10(2,3)9-11(4)5/h6-9H2,1-5H3. The van der Waals surface area contributed by atoms with E-state index in [0.717, 1.165) is 0 Å². The van der Waals surface area contributed by atoms with E-state index in [9.17, 15) is 0 Å². The lowest BCUT2D eigenvalue weighted by Crippen LogP contribution is -2.28. The van der Waals surface area contributed by atoms with Gasteiger partial charge >= 0.3 is 0 Å². The van der Waals surface area contributed by atoms with Gasteiger partial charge in [-0.1, -0.05) is 33.6 Å². The number of nitrogens with zero attached hydrogens (tertiary/aromatic N) is 1. The molecule has 0 N–H and O–H groups in total. The smallest absolute Gasteiger partial charge is 0.00266 e. The molecule has 0 aliphatic heterocycles. The Morgan fingerprint density at radius 3 is 2.09 bits per heavy atom. The first kappa shape index (κ1) is 11.0. The van der Waals surface area contributed by atoms with E-state index >= 15 is 0 Å². The van der Waals surface area contributed by atoms with Crippen molar-refractivity contribution >= 4 is 0 Å². The Bertz CT molecular complexity index is 95.0. The van der Waals surface area contributed by atoms with Crippen molar-refractivity contribution in [3.05, 3.63) is 0 Å². The van der Waals surface area contributed by atoms with Gasteiger partial charge in [-0.2, -0.15) is 0 Å². The van der Waals surface area contributed by atoms with Crippen molar-refractivity contribution in [1.82, 2.24) is 4.90 Å². The Hall–Kier alpha value is -0.0400. The van der Waals surface area contributed by atoms with Gasteiger partial charge in [0, 0.05) is 6.54 Å². The van der Waals surface area contributed by atoms with Crippen molar-refractivity contribution in [3.63, 3.8) is 0 Å². The summed E-state index contributed by atoms with van der Waals surface area (Å²) in [5.41, 5.74) is 0.500. The molecule has 0 fully saturated rings. The van der Waals surface area contributed by atoms with Crippen LogP contribution in [0.3, 0.4) is 0 Å². The van der Waals surface area contributed by atoms with Gasteiger partial charge in [0.25, 0.3) is 0 Å². The minimum Gasteiger partial charge on any atom is -0.309 e. The van der Waals surface area contributed by atoms with Gasteiger partial charge in [0.2, 0.25) is 0 Å². The predicted octanol–water partition coefficient (Wildman–Crippen LogP) is 2.76. The molecule has 0 aliphatic rings. The summed E-state index contributed by atoms with van der Waals surface area (Å²) in [7, 11) is 4.29. The average Bonchev–Trinajstić information content (AvgIpc) is 1.81. The maximum Gasteiger partial charge on any atom is 0.00266 e. The van der Waals surface area contributed by atoms with Gasteiger partial charge in [0.15, 0.2) is 0 Å². The van der Waals surface area contributed by atoms with Gasteiger partial charge in [-0.25, -0.2) is 0 Å². The maximum atomic E-state index is 2.35. The highest BCUT2D eigenvalue weighted by Gasteiger charge is 2.17. The summed E-state index contributed by atoms with van der Waals surface area (Å²) in [4.78, 5) is 2.27. The third kappa shape index (κ3) is 6.36. The molecule has 1 nitrogen and oxygen atoms in total. The zero-order chi connectivity index (χ0) is 8.91. The lowest BCUT2D eigenvalue weighted by Gasteiger charge is -2.28. The molecule has 1 heteroatoms. The molecular weight excluding hydrogens is 134 g/mol. The first-order chi connectivity index (χ1) is 4.98. The van der Waals surface area contributed by atoms with Crippen molar-refractivity contribution in [3.8, 4) is 0 Å². The molecule has 0 radical (unpaired) electrons. The summed E-state index contributed by atoms with van der Waals surface area (Å²) < 4.78 is 0. The van der Waals surface area contributed by atoms with Crippen molar-refractivity contribution < 1.29 is 0 Å². The normalized spacial score (nSPS) is 12.5. The fourth-order valence-corrected chi connectivity index (χ4v) is 1.59. The lowest BCUT2D eigenvalue weighted by atomic mass is 9.87. The van der Waals surface area contributed by atoms with Gasteiger partial charge in [-0.05, 0) is 25.9 Å². The molecule has 0 aromatic heterocycles. The molecule has 0 saturated heterocycles. The van der Waals surface area contributed by atoms with Crippen LogP contribution in [0.4, 0.5) is 0 Å². The van der Waals surface area contributed by atoms with E-state index in [1.165, 1.54) is 25.8 Å². The van der Waals surface area contributed by atoms with Crippen LogP contribution >= 0.6 is 0 Å². The van der Waals surface area contributed by atoms with E-state index in [4.69, 9.17) is 0 Å². The number of hydrogen-bond acceptors (Lipinski definition) is 1. The highest BCUT2D eigenvalue weighted by molar-refractivity contribution is 4.70. The Morgan fingerprint density at radius 1 is 1.18 bits per heavy atom. The quantitative estimate of drug-likeness (QED) is 0.593. The first-order valence-corrected chi connectivity index (χ1v) is 4.62. The zero-order valence-corrected chi connectivity index (χ0v) is 8.78. The van der Waals surface area contributed by atoms with Crippen molar-refractivity contribution in [2.24, 2.45) is 5.41 Å². The van der Waals surface area contributed by atoms with Crippen LogP contribution in [0.1, 0.15) is 40.0 Å². The Balaban J connectivity index is 3.61. The molecule has 0 aromatic carbocycles. The van der Waals surface area contributed by atoms with Gasteiger partial charge in [-0.15, -0.1) is 0 Å². The monoisotopic (exact) mass is 157 g/mol. The lowest BCUT2D eigenvalue weighted by molar-refractivity contribution is 0.221.